The summed E-state index contributed by atoms with van der Waals surface area (Å²) in [6.45, 7) is 1.80. The van der Waals surface area contributed by atoms with Crippen LogP contribution in [0.4, 0.5) is 5.69 Å². The third-order valence-electron chi connectivity index (χ3n) is 1.09. The lowest BCUT2D eigenvalue weighted by Gasteiger charge is -1.90. The summed E-state index contributed by atoms with van der Waals surface area (Å²) in [7, 11) is 0. The predicted octanol–water partition coefficient (Wildman–Crippen LogP) is 1.79. The summed E-state index contributed by atoms with van der Waals surface area (Å²) in [5.41, 5.74) is 1.28. The van der Waals surface area contributed by atoms with E-state index in [2.05, 4.69) is 10.2 Å². The molecule has 1 rings (SSSR count). The van der Waals surface area contributed by atoms with E-state index in [1.54, 1.807) is 25.4 Å². The highest BCUT2D eigenvalue weighted by molar-refractivity contribution is 5.41. The van der Waals surface area contributed by atoms with Gasteiger partial charge in [-0.2, -0.15) is 0 Å². The van der Waals surface area contributed by atoms with Crippen molar-refractivity contribution in [1.29, 1.82) is 0 Å². The molecule has 46 valence electrons. The Morgan fingerprint density at radius 3 is 2.89 bits per heavy atom. The van der Waals surface area contributed by atoms with Gasteiger partial charge in [-0.15, -0.1) is 4.91 Å². The first-order chi connectivity index (χ1) is 4.34. The summed E-state index contributed by atoms with van der Waals surface area (Å²) in [5, 5.41) is 2.78. The van der Waals surface area contributed by atoms with Gasteiger partial charge in [-0.25, -0.2) is 0 Å². The molecule has 1 aromatic heterocycles. The van der Waals surface area contributed by atoms with Crippen molar-refractivity contribution in [2.75, 3.05) is 0 Å². The van der Waals surface area contributed by atoms with Gasteiger partial charge in [0.1, 0.15) is 5.69 Å². The Bertz CT molecular complexity index is 222. The molecular weight excluding hydrogens is 116 g/mol. The van der Waals surface area contributed by atoms with E-state index < -0.39 is 0 Å². The van der Waals surface area contributed by atoms with Crippen molar-refractivity contribution in [3.63, 3.8) is 0 Å². The zero-order chi connectivity index (χ0) is 6.69. The van der Waals surface area contributed by atoms with Crippen molar-refractivity contribution in [2.24, 2.45) is 5.18 Å². The van der Waals surface area contributed by atoms with Crippen LogP contribution in [0.2, 0.25) is 0 Å². The number of rotatable bonds is 1. The third kappa shape index (κ3) is 1.10. The van der Waals surface area contributed by atoms with Crippen LogP contribution >= 0.6 is 0 Å². The Morgan fingerprint density at radius 1 is 1.67 bits per heavy atom. The Morgan fingerprint density at radius 2 is 2.44 bits per heavy atom. The molecule has 0 aliphatic rings. The summed E-state index contributed by atoms with van der Waals surface area (Å²) >= 11 is 0. The molecule has 0 bridgehead atoms. The average molecular weight is 122 g/mol. The largest absolute Gasteiger partial charge is 0.264 e. The van der Waals surface area contributed by atoms with Crippen LogP contribution in [-0.4, -0.2) is 4.98 Å². The maximum Gasteiger partial charge on any atom is 0.113 e. The second-order valence-electron chi connectivity index (χ2n) is 1.75. The molecule has 0 unspecified atom stereocenters. The van der Waals surface area contributed by atoms with Crippen molar-refractivity contribution >= 4 is 5.69 Å². The zero-order valence-corrected chi connectivity index (χ0v) is 5.03. The quantitative estimate of drug-likeness (QED) is 0.533. The zero-order valence-electron chi connectivity index (χ0n) is 5.03. The summed E-state index contributed by atoms with van der Waals surface area (Å²) < 4.78 is 0. The Kier molecular flexibility index (Phi) is 1.53. The second-order valence-corrected chi connectivity index (χ2v) is 1.75. The maximum atomic E-state index is 9.95. The first-order valence-electron chi connectivity index (χ1n) is 2.58. The minimum absolute atomic E-state index is 0.463. The summed E-state index contributed by atoms with van der Waals surface area (Å²) in [5.74, 6) is 0. The van der Waals surface area contributed by atoms with Crippen LogP contribution in [0.25, 0.3) is 0 Å². The van der Waals surface area contributed by atoms with Crippen LogP contribution in [0, 0.1) is 11.8 Å². The van der Waals surface area contributed by atoms with E-state index in [0.717, 1.165) is 5.56 Å². The molecule has 9 heavy (non-hydrogen) atoms. The standard InChI is InChI=1S/C6H6N2O/c1-5-4-7-3-2-6(5)8-9/h2-4H,1H3. The number of hydrogen-bond acceptors (Lipinski definition) is 3. The molecule has 3 nitrogen and oxygen atoms in total. The molecule has 0 aliphatic heterocycles. The fourth-order valence-corrected chi connectivity index (χ4v) is 0.568. The van der Waals surface area contributed by atoms with Crippen LogP contribution in [0.3, 0.4) is 0 Å². The number of nitrogens with zero attached hydrogens (tertiary/aromatic N) is 2. The van der Waals surface area contributed by atoms with Gasteiger partial charge in [0.25, 0.3) is 0 Å². The highest BCUT2D eigenvalue weighted by Gasteiger charge is 1.92. The predicted molar refractivity (Wildman–Crippen MR) is 34.4 cm³/mol. The smallest absolute Gasteiger partial charge is 0.113 e. The molecule has 0 aliphatic carbocycles. The molecule has 0 aromatic carbocycles. The van der Waals surface area contributed by atoms with E-state index in [0.29, 0.717) is 5.69 Å². The second kappa shape index (κ2) is 2.35. The SMILES string of the molecule is Cc1cnccc1N=O. The molecule has 0 radical (unpaired) electrons. The lowest BCUT2D eigenvalue weighted by Crippen LogP contribution is -1.73. The van der Waals surface area contributed by atoms with Gasteiger partial charge >= 0.3 is 0 Å². The number of aryl methyl sites for hydroxylation is 1. The highest BCUT2D eigenvalue weighted by atomic mass is 16.3. The average Bonchev–Trinajstić information content (AvgIpc) is 1.89. The first kappa shape index (κ1) is 5.88. The van der Waals surface area contributed by atoms with Crippen LogP contribution in [-0.2, 0) is 0 Å². The lowest BCUT2D eigenvalue weighted by atomic mass is 10.3. The normalized spacial score (nSPS) is 9.00. The van der Waals surface area contributed by atoms with Crippen molar-refractivity contribution in [3.05, 3.63) is 28.9 Å². The van der Waals surface area contributed by atoms with Gasteiger partial charge in [-0.1, -0.05) is 0 Å². The minimum atomic E-state index is 0.463. The Hall–Kier alpha value is -1.25. The molecule has 0 spiro atoms. The molecule has 0 atom stereocenters. The number of hydrogen-bond donors (Lipinski definition) is 0. The Labute approximate surface area is 52.7 Å². The van der Waals surface area contributed by atoms with E-state index in [-0.39, 0.29) is 0 Å². The van der Waals surface area contributed by atoms with Gasteiger partial charge in [0.15, 0.2) is 0 Å². The molecule has 0 saturated heterocycles. The Balaban J connectivity index is 3.15. The van der Waals surface area contributed by atoms with Crippen LogP contribution in [0.5, 0.6) is 0 Å². The molecule has 0 saturated carbocycles. The van der Waals surface area contributed by atoms with Gasteiger partial charge < -0.3 is 0 Å². The van der Waals surface area contributed by atoms with Crippen molar-refractivity contribution in [3.8, 4) is 0 Å². The van der Waals surface area contributed by atoms with E-state index in [9.17, 15) is 4.91 Å². The molecule has 0 N–H and O–H groups in total. The lowest BCUT2D eigenvalue weighted by molar-refractivity contribution is 1.25. The highest BCUT2D eigenvalue weighted by Crippen LogP contribution is 2.13. The van der Waals surface area contributed by atoms with Gasteiger partial charge in [0.05, 0.1) is 0 Å². The fraction of sp³-hybridized carbons (Fsp3) is 0.167. The van der Waals surface area contributed by atoms with Crippen molar-refractivity contribution < 1.29 is 0 Å². The summed E-state index contributed by atoms with van der Waals surface area (Å²) in [6.07, 6.45) is 3.15. The van der Waals surface area contributed by atoms with Crippen LogP contribution in [0.1, 0.15) is 5.56 Å². The van der Waals surface area contributed by atoms with Gasteiger partial charge in [0.2, 0.25) is 0 Å². The van der Waals surface area contributed by atoms with Crippen molar-refractivity contribution in [2.45, 2.75) is 6.92 Å². The minimum Gasteiger partial charge on any atom is -0.264 e. The maximum absolute atomic E-state index is 9.95. The molecular formula is C6H6N2O. The number of pyridine rings is 1. The van der Waals surface area contributed by atoms with E-state index in [1.807, 2.05) is 0 Å². The van der Waals surface area contributed by atoms with Gasteiger partial charge in [0, 0.05) is 12.4 Å². The molecule has 3 heteroatoms. The number of nitroso groups, excluding NO2 is 1. The molecule has 0 fully saturated rings. The number of aromatic nitrogens is 1. The van der Waals surface area contributed by atoms with E-state index >= 15 is 0 Å². The summed E-state index contributed by atoms with van der Waals surface area (Å²) in [4.78, 5) is 13.7. The monoisotopic (exact) mass is 122 g/mol. The third-order valence-corrected chi connectivity index (χ3v) is 1.09. The van der Waals surface area contributed by atoms with Gasteiger partial charge in [-0.05, 0) is 23.7 Å². The fourth-order valence-electron chi connectivity index (χ4n) is 0.568. The van der Waals surface area contributed by atoms with E-state index in [4.69, 9.17) is 0 Å². The first-order valence-corrected chi connectivity index (χ1v) is 2.58. The van der Waals surface area contributed by atoms with Crippen LogP contribution in [0.15, 0.2) is 23.6 Å². The topological polar surface area (TPSA) is 42.3 Å². The van der Waals surface area contributed by atoms with Crippen molar-refractivity contribution in [1.82, 2.24) is 4.98 Å². The summed E-state index contributed by atoms with van der Waals surface area (Å²) in [6, 6.07) is 1.59. The van der Waals surface area contributed by atoms with Gasteiger partial charge in [-0.3, -0.25) is 4.98 Å². The molecule has 0 amide bonds. The molecule has 1 heterocycles. The van der Waals surface area contributed by atoms with Crippen LogP contribution < -0.4 is 0 Å². The van der Waals surface area contributed by atoms with E-state index in [1.165, 1.54) is 0 Å². The molecule has 1 aromatic rings.